The average Bonchev–Trinajstić information content (AvgIpc) is 3.38. The molecular formula is C66H122O6. The molecule has 0 fully saturated rings. The van der Waals surface area contributed by atoms with E-state index in [1.54, 1.807) is 0 Å². The topological polar surface area (TPSA) is 78.9 Å². The second kappa shape index (κ2) is 61.2. The zero-order valence-electron chi connectivity index (χ0n) is 48.5. The summed E-state index contributed by atoms with van der Waals surface area (Å²) >= 11 is 0. The summed E-state index contributed by atoms with van der Waals surface area (Å²) in [6.07, 6.45) is 74.4. The van der Waals surface area contributed by atoms with Crippen LogP contribution in [0.1, 0.15) is 348 Å². The van der Waals surface area contributed by atoms with Gasteiger partial charge in [-0.3, -0.25) is 14.4 Å². The lowest BCUT2D eigenvalue weighted by atomic mass is 10.0. The summed E-state index contributed by atoms with van der Waals surface area (Å²) in [7, 11) is 0. The molecule has 0 saturated heterocycles. The molecule has 0 amide bonds. The molecule has 1 atom stereocenters. The Hall–Kier alpha value is -2.37. The lowest BCUT2D eigenvalue weighted by Crippen LogP contribution is -2.30. The van der Waals surface area contributed by atoms with E-state index in [1.165, 1.54) is 225 Å². The number of hydrogen-bond acceptors (Lipinski definition) is 6. The molecule has 0 aromatic carbocycles. The molecule has 422 valence electrons. The van der Waals surface area contributed by atoms with Crippen LogP contribution in [0, 0.1) is 0 Å². The van der Waals surface area contributed by atoms with Crippen LogP contribution in [0.2, 0.25) is 0 Å². The molecule has 0 aliphatic rings. The number of esters is 3. The number of unbranched alkanes of at least 4 members (excludes halogenated alkanes) is 42. The third-order valence-electron chi connectivity index (χ3n) is 14.4. The second-order valence-corrected chi connectivity index (χ2v) is 21.7. The Balaban J connectivity index is 4.27. The molecule has 0 spiro atoms. The molecule has 0 N–H and O–H groups in total. The summed E-state index contributed by atoms with van der Waals surface area (Å²) in [5.74, 6) is -0.856. The van der Waals surface area contributed by atoms with E-state index in [-0.39, 0.29) is 31.1 Å². The van der Waals surface area contributed by atoms with Gasteiger partial charge in [0.2, 0.25) is 0 Å². The van der Waals surface area contributed by atoms with Gasteiger partial charge >= 0.3 is 17.9 Å². The van der Waals surface area contributed by atoms with Crippen molar-refractivity contribution in [3.8, 4) is 0 Å². The Kier molecular flexibility index (Phi) is 59.2. The summed E-state index contributed by atoms with van der Waals surface area (Å²) in [5.41, 5.74) is 0. The van der Waals surface area contributed by atoms with Crippen molar-refractivity contribution in [3.63, 3.8) is 0 Å². The number of allylic oxidation sites excluding steroid dienone is 6. The Morgan fingerprint density at radius 3 is 0.847 bits per heavy atom. The first-order chi connectivity index (χ1) is 35.5. The van der Waals surface area contributed by atoms with Gasteiger partial charge < -0.3 is 14.2 Å². The number of carbonyl (C=O) groups excluding carboxylic acids is 3. The fourth-order valence-electron chi connectivity index (χ4n) is 9.64. The van der Waals surface area contributed by atoms with E-state index in [2.05, 4.69) is 57.2 Å². The molecule has 1 unspecified atom stereocenters. The van der Waals surface area contributed by atoms with Crippen LogP contribution in [0.3, 0.4) is 0 Å². The van der Waals surface area contributed by atoms with Gasteiger partial charge in [-0.05, 0) is 51.4 Å². The van der Waals surface area contributed by atoms with Crippen molar-refractivity contribution in [3.05, 3.63) is 36.5 Å². The lowest BCUT2D eigenvalue weighted by molar-refractivity contribution is -0.167. The van der Waals surface area contributed by atoms with Crippen LogP contribution in [0.25, 0.3) is 0 Å². The Bertz CT molecular complexity index is 1210. The van der Waals surface area contributed by atoms with Gasteiger partial charge in [0.1, 0.15) is 13.2 Å². The van der Waals surface area contributed by atoms with Crippen LogP contribution < -0.4 is 0 Å². The van der Waals surface area contributed by atoms with Crippen LogP contribution in [0.15, 0.2) is 36.5 Å². The minimum atomic E-state index is -0.774. The molecule has 0 aromatic heterocycles. The van der Waals surface area contributed by atoms with E-state index < -0.39 is 6.10 Å². The molecule has 0 aliphatic heterocycles. The number of rotatable bonds is 59. The summed E-state index contributed by atoms with van der Waals surface area (Å²) in [4.78, 5) is 38.3. The van der Waals surface area contributed by atoms with Crippen molar-refractivity contribution in [2.24, 2.45) is 0 Å². The summed E-state index contributed by atoms with van der Waals surface area (Å²) in [6.45, 7) is 6.59. The maximum atomic E-state index is 12.9. The number of ether oxygens (including phenoxy) is 3. The van der Waals surface area contributed by atoms with Gasteiger partial charge in [0.25, 0.3) is 0 Å². The van der Waals surface area contributed by atoms with Crippen LogP contribution in [-0.4, -0.2) is 37.2 Å². The zero-order chi connectivity index (χ0) is 52.2. The van der Waals surface area contributed by atoms with Crippen LogP contribution >= 0.6 is 0 Å². The summed E-state index contributed by atoms with van der Waals surface area (Å²) in [6, 6.07) is 0. The van der Waals surface area contributed by atoms with Gasteiger partial charge in [-0.15, -0.1) is 0 Å². The number of hydrogen-bond donors (Lipinski definition) is 0. The van der Waals surface area contributed by atoms with Crippen molar-refractivity contribution in [2.45, 2.75) is 354 Å². The van der Waals surface area contributed by atoms with Crippen molar-refractivity contribution in [1.82, 2.24) is 0 Å². The summed E-state index contributed by atoms with van der Waals surface area (Å²) < 4.78 is 16.9. The van der Waals surface area contributed by atoms with Crippen molar-refractivity contribution >= 4 is 17.9 Å². The quantitative estimate of drug-likeness (QED) is 0.0261. The smallest absolute Gasteiger partial charge is 0.306 e. The molecule has 0 aromatic rings. The zero-order valence-corrected chi connectivity index (χ0v) is 48.5. The molecule has 0 radical (unpaired) electrons. The maximum absolute atomic E-state index is 12.9. The highest BCUT2D eigenvalue weighted by atomic mass is 16.6. The molecule has 0 saturated carbocycles. The second-order valence-electron chi connectivity index (χ2n) is 21.7. The Morgan fingerprint density at radius 2 is 0.542 bits per heavy atom. The van der Waals surface area contributed by atoms with E-state index in [0.717, 1.165) is 83.5 Å². The van der Waals surface area contributed by atoms with E-state index in [1.807, 2.05) is 0 Å². The van der Waals surface area contributed by atoms with E-state index in [9.17, 15) is 14.4 Å². The Labute approximate surface area is 448 Å². The van der Waals surface area contributed by atoms with E-state index >= 15 is 0 Å². The molecule has 0 bridgehead atoms. The number of carbonyl (C=O) groups is 3. The van der Waals surface area contributed by atoms with Crippen LogP contribution in [-0.2, 0) is 28.6 Å². The first-order valence-electron chi connectivity index (χ1n) is 32.0. The van der Waals surface area contributed by atoms with Crippen LogP contribution in [0.4, 0.5) is 0 Å². The van der Waals surface area contributed by atoms with Gasteiger partial charge in [0, 0.05) is 19.3 Å². The molecule has 6 heteroatoms. The normalized spacial score (nSPS) is 12.2. The van der Waals surface area contributed by atoms with Crippen molar-refractivity contribution in [2.75, 3.05) is 13.2 Å². The molecule has 6 nitrogen and oxygen atoms in total. The van der Waals surface area contributed by atoms with Gasteiger partial charge in [0.05, 0.1) is 0 Å². The van der Waals surface area contributed by atoms with Gasteiger partial charge in [-0.25, -0.2) is 0 Å². The predicted octanol–water partition coefficient (Wildman–Crippen LogP) is 21.6. The van der Waals surface area contributed by atoms with Crippen LogP contribution in [0.5, 0.6) is 0 Å². The predicted molar refractivity (Wildman–Crippen MR) is 312 cm³/mol. The van der Waals surface area contributed by atoms with Crippen molar-refractivity contribution < 1.29 is 28.6 Å². The van der Waals surface area contributed by atoms with E-state index in [0.29, 0.717) is 19.3 Å². The Morgan fingerprint density at radius 1 is 0.292 bits per heavy atom. The minimum absolute atomic E-state index is 0.0708. The third kappa shape index (κ3) is 58.5. The average molecular weight is 1010 g/mol. The molecule has 0 aliphatic carbocycles. The van der Waals surface area contributed by atoms with Crippen molar-refractivity contribution in [1.29, 1.82) is 0 Å². The monoisotopic (exact) mass is 1010 g/mol. The SMILES string of the molecule is CC/C=C\C/C=C\C/C=C\CCCCCCCCCC(=O)OC(COC(=O)CCCCCCCCCCCCCCCC)COC(=O)CCCCCCCCCCCCCCCCCCCCCCCCC. The minimum Gasteiger partial charge on any atom is -0.462 e. The van der Waals surface area contributed by atoms with Gasteiger partial charge in [0.15, 0.2) is 6.10 Å². The molecule has 0 rings (SSSR count). The highest BCUT2D eigenvalue weighted by Gasteiger charge is 2.19. The highest BCUT2D eigenvalue weighted by molar-refractivity contribution is 5.71. The van der Waals surface area contributed by atoms with Gasteiger partial charge in [-0.2, -0.15) is 0 Å². The largest absolute Gasteiger partial charge is 0.462 e. The fourth-order valence-corrected chi connectivity index (χ4v) is 9.64. The third-order valence-corrected chi connectivity index (χ3v) is 14.4. The molecular weight excluding hydrogens is 889 g/mol. The molecule has 72 heavy (non-hydrogen) atoms. The maximum Gasteiger partial charge on any atom is 0.306 e. The highest BCUT2D eigenvalue weighted by Crippen LogP contribution is 2.18. The standard InChI is InChI=1S/C66H122O6/c1-4-7-10-13-16-19-22-25-28-30-31-32-33-34-35-37-38-41-44-47-50-53-56-59-65(68)71-62-63(61-70-64(67)58-55-52-49-46-43-40-27-24-21-18-15-12-9-6-3)72-66(69)60-57-54-51-48-45-42-39-36-29-26-23-20-17-14-11-8-5-2/h8,11,17,20,26,29,63H,4-7,9-10,12-16,18-19,21-25,27-28,30-62H2,1-3H3/b11-8-,20-17-,29-26-. The fraction of sp³-hybridized carbons (Fsp3) is 0.864. The first kappa shape index (κ1) is 69.6. The first-order valence-corrected chi connectivity index (χ1v) is 32.0. The van der Waals surface area contributed by atoms with E-state index in [4.69, 9.17) is 14.2 Å². The van der Waals surface area contributed by atoms with Gasteiger partial charge in [-0.1, -0.05) is 314 Å². The summed E-state index contributed by atoms with van der Waals surface area (Å²) in [5, 5.41) is 0. The lowest BCUT2D eigenvalue weighted by Gasteiger charge is -2.18. The molecule has 0 heterocycles.